The highest BCUT2D eigenvalue weighted by Gasteiger charge is 2.37. The third-order valence-corrected chi connectivity index (χ3v) is 6.61. The van der Waals surface area contributed by atoms with Crippen LogP contribution in [0, 0.1) is 5.92 Å². The molecule has 2 aliphatic rings. The first-order valence-corrected chi connectivity index (χ1v) is 10.7. The van der Waals surface area contributed by atoms with E-state index in [1.165, 1.54) is 11.3 Å². The first kappa shape index (κ1) is 19.8. The molecule has 2 fully saturated rings. The molecule has 2 aromatic heterocycles. The number of halogens is 1. The van der Waals surface area contributed by atoms with E-state index in [1.54, 1.807) is 27.1 Å². The zero-order valence-corrected chi connectivity index (χ0v) is 16.8. The van der Waals surface area contributed by atoms with Crippen molar-refractivity contribution in [2.75, 3.05) is 26.2 Å². The summed E-state index contributed by atoms with van der Waals surface area (Å²) in [6.07, 6.45) is 5.19. The molecule has 4 heterocycles. The van der Waals surface area contributed by atoms with E-state index in [9.17, 15) is 14.4 Å². The Bertz CT molecular complexity index is 908. The summed E-state index contributed by atoms with van der Waals surface area (Å²) in [5.74, 6) is -0.197. The summed E-state index contributed by atoms with van der Waals surface area (Å²) in [6, 6.07) is 0. The zero-order chi connectivity index (χ0) is 20.4. The lowest BCUT2D eigenvalue weighted by Gasteiger charge is -2.36. The standard InChI is InChI=1S/C19H24FN5O3S/c20-19(12-23-16(27)9-13-1-2-15(26)22-10-13)3-6-24(7-4-19)17(28)14-11-29-18-21-5-8-25(14)18/h5,8,11,13H,1-4,6-7,9-10,12H2,(H,22,26)(H,23,27). The molecule has 2 aliphatic heterocycles. The van der Waals surface area contributed by atoms with E-state index in [4.69, 9.17) is 0 Å². The van der Waals surface area contributed by atoms with Crippen LogP contribution in [0.15, 0.2) is 17.8 Å². The number of aromatic nitrogens is 2. The number of imidazole rings is 1. The van der Waals surface area contributed by atoms with E-state index >= 15 is 4.39 Å². The molecule has 3 amide bonds. The van der Waals surface area contributed by atoms with Gasteiger partial charge in [0.25, 0.3) is 5.91 Å². The fourth-order valence-corrected chi connectivity index (χ4v) is 4.70. The van der Waals surface area contributed by atoms with Gasteiger partial charge in [-0.05, 0) is 12.3 Å². The number of amides is 3. The number of carbonyl (C=O) groups is 3. The molecule has 0 aliphatic carbocycles. The molecular weight excluding hydrogens is 397 g/mol. The Hall–Kier alpha value is -2.49. The lowest BCUT2D eigenvalue weighted by Crippen LogP contribution is -2.50. The second kappa shape index (κ2) is 8.10. The zero-order valence-electron chi connectivity index (χ0n) is 16.0. The molecule has 10 heteroatoms. The van der Waals surface area contributed by atoms with Gasteiger partial charge in [-0.15, -0.1) is 11.3 Å². The summed E-state index contributed by atoms with van der Waals surface area (Å²) in [5.41, 5.74) is -0.964. The van der Waals surface area contributed by atoms with E-state index in [-0.39, 0.29) is 43.0 Å². The number of hydrogen-bond donors (Lipinski definition) is 2. The molecule has 29 heavy (non-hydrogen) atoms. The summed E-state index contributed by atoms with van der Waals surface area (Å²) in [5, 5.41) is 7.23. The van der Waals surface area contributed by atoms with Crippen LogP contribution in [0.1, 0.15) is 42.6 Å². The fourth-order valence-electron chi connectivity index (χ4n) is 3.88. The number of hydrogen-bond acceptors (Lipinski definition) is 5. The molecule has 156 valence electrons. The minimum atomic E-state index is -1.51. The van der Waals surface area contributed by atoms with E-state index < -0.39 is 5.67 Å². The average molecular weight is 421 g/mol. The van der Waals surface area contributed by atoms with Crippen molar-refractivity contribution in [1.29, 1.82) is 0 Å². The summed E-state index contributed by atoms with van der Waals surface area (Å²) in [4.78, 5) is 42.7. The number of carbonyl (C=O) groups excluding carboxylic acids is 3. The van der Waals surface area contributed by atoms with Gasteiger partial charge in [-0.25, -0.2) is 9.37 Å². The largest absolute Gasteiger partial charge is 0.356 e. The number of likely N-dealkylation sites (tertiary alicyclic amines) is 1. The van der Waals surface area contributed by atoms with Crippen molar-refractivity contribution in [3.63, 3.8) is 0 Å². The van der Waals surface area contributed by atoms with Crippen molar-refractivity contribution in [3.05, 3.63) is 23.5 Å². The smallest absolute Gasteiger partial charge is 0.271 e. The highest BCUT2D eigenvalue weighted by atomic mass is 32.1. The Morgan fingerprint density at radius 3 is 2.90 bits per heavy atom. The molecule has 1 atom stereocenters. The molecule has 4 rings (SSSR count). The van der Waals surface area contributed by atoms with Crippen LogP contribution in [-0.4, -0.2) is 63.9 Å². The van der Waals surface area contributed by atoms with Crippen molar-refractivity contribution in [3.8, 4) is 0 Å². The maximum absolute atomic E-state index is 15.1. The van der Waals surface area contributed by atoms with Gasteiger partial charge in [0, 0.05) is 63.1 Å². The normalized spacial score (nSPS) is 21.8. The molecule has 0 radical (unpaired) electrons. The summed E-state index contributed by atoms with van der Waals surface area (Å²) < 4.78 is 16.9. The van der Waals surface area contributed by atoms with Gasteiger partial charge < -0.3 is 15.5 Å². The molecule has 0 bridgehead atoms. The van der Waals surface area contributed by atoms with Gasteiger partial charge in [0.15, 0.2) is 4.96 Å². The highest BCUT2D eigenvalue weighted by Crippen LogP contribution is 2.28. The molecule has 0 aromatic carbocycles. The number of thiazole rings is 1. The summed E-state index contributed by atoms with van der Waals surface area (Å²) in [7, 11) is 0. The van der Waals surface area contributed by atoms with Gasteiger partial charge in [-0.2, -0.15) is 0 Å². The number of piperidine rings is 2. The fraction of sp³-hybridized carbons (Fsp3) is 0.579. The maximum atomic E-state index is 15.1. The maximum Gasteiger partial charge on any atom is 0.271 e. The predicted octanol–water partition coefficient (Wildman–Crippen LogP) is 1.37. The topological polar surface area (TPSA) is 95.8 Å². The summed E-state index contributed by atoms with van der Waals surface area (Å²) in [6.45, 7) is 1.08. The van der Waals surface area contributed by atoms with Crippen LogP contribution in [0.4, 0.5) is 4.39 Å². The van der Waals surface area contributed by atoms with Gasteiger partial charge in [-0.1, -0.05) is 0 Å². The molecule has 2 saturated heterocycles. The monoisotopic (exact) mass is 421 g/mol. The Morgan fingerprint density at radius 2 is 2.17 bits per heavy atom. The minimum Gasteiger partial charge on any atom is -0.356 e. The van der Waals surface area contributed by atoms with E-state index in [2.05, 4.69) is 15.6 Å². The summed E-state index contributed by atoms with van der Waals surface area (Å²) >= 11 is 1.40. The third kappa shape index (κ3) is 4.42. The van der Waals surface area contributed by atoms with Crippen LogP contribution in [0.3, 0.4) is 0 Å². The van der Waals surface area contributed by atoms with Gasteiger partial charge in [0.05, 0.1) is 6.54 Å². The minimum absolute atomic E-state index is 0.0156. The average Bonchev–Trinajstić information content (AvgIpc) is 3.32. The third-order valence-electron chi connectivity index (χ3n) is 5.75. The van der Waals surface area contributed by atoms with E-state index in [0.717, 1.165) is 4.96 Å². The van der Waals surface area contributed by atoms with Gasteiger partial charge in [0.1, 0.15) is 11.4 Å². The number of fused-ring (bicyclic) bond motifs is 1. The number of nitrogens with one attached hydrogen (secondary N) is 2. The molecule has 2 aromatic rings. The van der Waals surface area contributed by atoms with Gasteiger partial charge in [0.2, 0.25) is 11.8 Å². The Morgan fingerprint density at radius 1 is 1.38 bits per heavy atom. The Kier molecular flexibility index (Phi) is 5.53. The van der Waals surface area contributed by atoms with Crippen LogP contribution in [-0.2, 0) is 9.59 Å². The molecule has 2 N–H and O–H groups in total. The SMILES string of the molecule is O=C1CCC(CC(=O)NCC2(F)CCN(C(=O)c3csc4nccn34)CC2)CN1. The highest BCUT2D eigenvalue weighted by molar-refractivity contribution is 7.15. The van der Waals surface area contributed by atoms with Crippen molar-refractivity contribution in [1.82, 2.24) is 24.9 Å². The second-order valence-electron chi connectivity index (χ2n) is 7.83. The first-order valence-electron chi connectivity index (χ1n) is 9.86. The van der Waals surface area contributed by atoms with Crippen molar-refractivity contribution in [2.45, 2.75) is 37.8 Å². The van der Waals surface area contributed by atoms with E-state index in [1.807, 2.05) is 0 Å². The predicted molar refractivity (Wildman–Crippen MR) is 105 cm³/mol. The van der Waals surface area contributed by atoms with Crippen molar-refractivity contribution < 1.29 is 18.8 Å². The van der Waals surface area contributed by atoms with Crippen molar-refractivity contribution >= 4 is 34.0 Å². The van der Waals surface area contributed by atoms with Crippen LogP contribution in [0.25, 0.3) is 4.96 Å². The molecule has 8 nitrogen and oxygen atoms in total. The number of rotatable bonds is 5. The van der Waals surface area contributed by atoms with Gasteiger partial charge >= 0.3 is 0 Å². The second-order valence-corrected chi connectivity index (χ2v) is 8.67. The molecule has 0 spiro atoms. The van der Waals surface area contributed by atoms with Crippen LogP contribution < -0.4 is 10.6 Å². The van der Waals surface area contributed by atoms with Crippen molar-refractivity contribution in [2.24, 2.45) is 5.92 Å². The molecular formula is C19H24FN5O3S. The molecule has 0 saturated carbocycles. The Balaban J connectivity index is 1.25. The van der Waals surface area contributed by atoms with Gasteiger partial charge in [-0.3, -0.25) is 18.8 Å². The number of nitrogens with zero attached hydrogens (tertiary/aromatic N) is 3. The van der Waals surface area contributed by atoms with Crippen LogP contribution in [0.2, 0.25) is 0 Å². The van der Waals surface area contributed by atoms with E-state index in [0.29, 0.717) is 44.6 Å². The Labute approximate surface area is 171 Å². The van der Waals surface area contributed by atoms with Crippen LogP contribution in [0.5, 0.6) is 0 Å². The quantitative estimate of drug-likeness (QED) is 0.762. The molecule has 1 unspecified atom stereocenters. The lowest BCUT2D eigenvalue weighted by molar-refractivity contribution is -0.126. The number of alkyl halides is 1. The lowest BCUT2D eigenvalue weighted by atomic mass is 9.92. The van der Waals surface area contributed by atoms with Crippen LogP contribution >= 0.6 is 11.3 Å². The first-order chi connectivity index (χ1) is 13.9.